The van der Waals surface area contributed by atoms with Gasteiger partial charge in [-0.15, -0.1) is 0 Å². The lowest BCUT2D eigenvalue weighted by molar-refractivity contribution is -0.135. The molecule has 0 bridgehead atoms. The summed E-state index contributed by atoms with van der Waals surface area (Å²) in [6.07, 6.45) is 14.5. The third-order valence-electron chi connectivity index (χ3n) is 16.2. The van der Waals surface area contributed by atoms with E-state index in [9.17, 15) is 24.4 Å². The van der Waals surface area contributed by atoms with Crippen LogP contribution >= 0.6 is 11.6 Å². The Hall–Kier alpha value is -5.38. The summed E-state index contributed by atoms with van der Waals surface area (Å²) in [5.41, 5.74) is 5.23. The van der Waals surface area contributed by atoms with Gasteiger partial charge in [0.05, 0.1) is 78.0 Å². The molecule has 3 fully saturated rings. The molecule has 5 atom stereocenters. The van der Waals surface area contributed by atoms with E-state index in [1.165, 1.54) is 19.3 Å². The van der Waals surface area contributed by atoms with Gasteiger partial charge < -0.3 is 54.2 Å². The lowest BCUT2D eigenvalue weighted by Gasteiger charge is -2.41. The highest BCUT2D eigenvalue weighted by molar-refractivity contribution is 6.30. The molecule has 3 N–H and O–H groups in total. The van der Waals surface area contributed by atoms with E-state index >= 15 is 0 Å². The van der Waals surface area contributed by atoms with Gasteiger partial charge in [0.1, 0.15) is 11.6 Å². The maximum Gasteiger partial charge on any atom is 0.264 e. The van der Waals surface area contributed by atoms with Crippen LogP contribution in [0, 0.1) is 40.4 Å². The first-order chi connectivity index (χ1) is 39.3. The maximum atomic E-state index is 14.1. The van der Waals surface area contributed by atoms with Crippen molar-refractivity contribution in [1.82, 2.24) is 15.5 Å². The number of nitrogens with zero attached hydrogens (tertiary/aromatic N) is 3. The fourth-order valence-corrected chi connectivity index (χ4v) is 12.3. The predicted molar refractivity (Wildman–Crippen MR) is 316 cm³/mol. The lowest BCUT2D eigenvalue weighted by Crippen LogP contribution is -2.51. The van der Waals surface area contributed by atoms with Gasteiger partial charge in [0.25, 0.3) is 11.8 Å². The number of nitriles is 1. The molecule has 7 rings (SSSR count). The molecule has 2 saturated heterocycles. The number of likely N-dealkylation sites (tertiary alicyclic amines) is 1. The Morgan fingerprint density at radius 1 is 0.716 bits per heavy atom. The average molecular weight is 1140 g/mol. The highest BCUT2D eigenvalue weighted by atomic mass is 35.5. The van der Waals surface area contributed by atoms with E-state index in [0.717, 1.165) is 99.1 Å². The fourth-order valence-electron chi connectivity index (χ4n) is 12.2. The summed E-state index contributed by atoms with van der Waals surface area (Å²) in [4.78, 5) is 57.0. The molecule has 3 heterocycles. The Labute approximate surface area is 486 Å². The molecule has 0 spiro atoms. The standard InChI is InChI=1S/C64H89ClN6O10/c1-46-38-59(69-57-20-18-56(65)19-21-57)58-40-52(17-22-60(58)71(46)47(2)72)50-13-15-51(16-14-50)61(73)67-24-28-77-30-32-79-34-36-81-37-35-80-33-31-78-29-25-68-62(74)54-39-53(49-11-6-5-7-12-49)44-70(45-54)63(75)55(43-66)42-64(3,4)41-48-10-8-9-26-76-27-23-48/h13-22,40,42,46,48-49,53-54,59,69H,5-12,23-39,41,44-45H2,1-4H3,(H,67,73)(H,68,74)/b55-42+/t46-,48?,53?,54?,59+/m0/s1. The molecule has 3 unspecified atom stereocenters. The second-order valence-electron chi connectivity index (χ2n) is 23.1. The van der Waals surface area contributed by atoms with E-state index in [1.54, 1.807) is 11.8 Å². The molecule has 0 aromatic heterocycles. The number of carbonyl (C=O) groups excluding carboxylic acids is 4. The molecule has 442 valence electrons. The van der Waals surface area contributed by atoms with Gasteiger partial charge >= 0.3 is 0 Å². The number of ether oxygens (including phenoxy) is 6. The second-order valence-corrected chi connectivity index (χ2v) is 23.5. The molecule has 17 heteroatoms. The van der Waals surface area contributed by atoms with Crippen molar-refractivity contribution in [3.05, 3.63) is 94.5 Å². The van der Waals surface area contributed by atoms with Gasteiger partial charge in [-0.3, -0.25) is 19.2 Å². The molecule has 16 nitrogen and oxygen atoms in total. The predicted octanol–water partition coefficient (Wildman–Crippen LogP) is 10.4. The quantitative estimate of drug-likeness (QED) is 0.0355. The number of anilines is 2. The summed E-state index contributed by atoms with van der Waals surface area (Å²) < 4.78 is 34.0. The Balaban J connectivity index is 0.706. The third kappa shape index (κ3) is 20.2. The van der Waals surface area contributed by atoms with Gasteiger partial charge in [-0.05, 0) is 127 Å². The van der Waals surface area contributed by atoms with E-state index < -0.39 is 0 Å². The van der Waals surface area contributed by atoms with Gasteiger partial charge in [-0.25, -0.2) is 0 Å². The van der Waals surface area contributed by atoms with Crippen LogP contribution in [0.25, 0.3) is 11.1 Å². The van der Waals surface area contributed by atoms with Gasteiger partial charge in [0, 0.05) is 74.3 Å². The van der Waals surface area contributed by atoms with Crippen LogP contribution in [0.1, 0.15) is 127 Å². The topological polar surface area (TPSA) is 190 Å². The van der Waals surface area contributed by atoms with Gasteiger partial charge in [0.15, 0.2) is 0 Å². The fraction of sp³-hybridized carbons (Fsp3) is 0.609. The van der Waals surface area contributed by atoms with Crippen LogP contribution in [0.4, 0.5) is 11.4 Å². The summed E-state index contributed by atoms with van der Waals surface area (Å²) in [6, 6.07) is 23.5. The molecule has 1 saturated carbocycles. The van der Waals surface area contributed by atoms with E-state index in [2.05, 4.69) is 48.9 Å². The average Bonchev–Trinajstić information content (AvgIpc) is 3.50. The van der Waals surface area contributed by atoms with Crippen molar-refractivity contribution in [2.75, 3.05) is 116 Å². The Kier molecular flexibility index (Phi) is 25.8. The van der Waals surface area contributed by atoms with Crippen molar-refractivity contribution in [1.29, 1.82) is 5.26 Å². The van der Waals surface area contributed by atoms with E-state index in [1.807, 2.05) is 71.6 Å². The number of halogens is 1. The first-order valence-corrected chi connectivity index (χ1v) is 30.2. The summed E-state index contributed by atoms with van der Waals surface area (Å²) in [5, 5.41) is 20.6. The molecule has 81 heavy (non-hydrogen) atoms. The molecule has 4 aliphatic rings. The minimum absolute atomic E-state index is 0.00481. The van der Waals surface area contributed by atoms with Gasteiger partial charge in [-0.2, -0.15) is 5.26 Å². The number of allylic oxidation sites excluding steroid dienone is 1. The zero-order chi connectivity index (χ0) is 57.4. The number of piperidine rings is 1. The van der Waals surface area contributed by atoms with Crippen LogP contribution in [0.3, 0.4) is 0 Å². The molecular formula is C64H89ClN6O10. The van der Waals surface area contributed by atoms with E-state index in [0.29, 0.717) is 115 Å². The van der Waals surface area contributed by atoms with Crippen LogP contribution in [0.2, 0.25) is 5.02 Å². The SMILES string of the molecule is CC(=O)N1c2ccc(-c3ccc(C(=O)NCCOCCOCCOCCOCCOCCNC(=O)C4CC(C5CCCCC5)CN(C(=O)/C(C#N)=C/C(C)(C)CC5CCCCOCC5)C4)cc3)cc2[C@H](Nc2ccc(Cl)cc2)C[C@@H]1C. The van der Waals surface area contributed by atoms with Crippen LogP contribution in [0.5, 0.6) is 0 Å². The summed E-state index contributed by atoms with van der Waals surface area (Å²) >= 11 is 6.14. The molecule has 1 aliphatic carbocycles. The number of amides is 4. The minimum atomic E-state index is -0.341. The van der Waals surface area contributed by atoms with E-state index in [4.69, 9.17) is 40.0 Å². The van der Waals surface area contributed by atoms with Crippen molar-refractivity contribution in [2.24, 2.45) is 29.1 Å². The number of fused-ring (bicyclic) bond motifs is 1. The smallest absolute Gasteiger partial charge is 0.264 e. The Morgan fingerprint density at radius 3 is 1.98 bits per heavy atom. The number of hydrogen-bond donors (Lipinski definition) is 3. The third-order valence-corrected chi connectivity index (χ3v) is 16.5. The summed E-state index contributed by atoms with van der Waals surface area (Å²) in [5.74, 6) is 0.353. The Bertz CT molecular complexity index is 2520. The van der Waals surface area contributed by atoms with Crippen LogP contribution in [-0.2, 0) is 42.8 Å². The van der Waals surface area contributed by atoms with Crippen LogP contribution < -0.4 is 20.9 Å². The normalized spacial score (nSPS) is 21.0. The molecule has 0 radical (unpaired) electrons. The largest absolute Gasteiger partial charge is 0.381 e. The lowest BCUT2D eigenvalue weighted by atomic mass is 9.74. The zero-order valence-corrected chi connectivity index (χ0v) is 49.2. The van der Waals surface area contributed by atoms with Crippen molar-refractivity contribution < 1.29 is 47.6 Å². The molecular weight excluding hydrogens is 1050 g/mol. The van der Waals surface area contributed by atoms with Crippen molar-refractivity contribution in [3.63, 3.8) is 0 Å². The molecule has 3 aliphatic heterocycles. The minimum Gasteiger partial charge on any atom is -0.381 e. The molecule has 3 aromatic carbocycles. The maximum absolute atomic E-state index is 14.1. The van der Waals surface area contributed by atoms with Crippen molar-refractivity contribution in [2.45, 2.75) is 117 Å². The zero-order valence-electron chi connectivity index (χ0n) is 48.5. The van der Waals surface area contributed by atoms with Crippen LogP contribution in [-0.4, -0.2) is 140 Å². The number of rotatable bonds is 28. The summed E-state index contributed by atoms with van der Waals surface area (Å²) in [7, 11) is 0. The summed E-state index contributed by atoms with van der Waals surface area (Å²) in [6.45, 7) is 15.0. The highest BCUT2D eigenvalue weighted by Gasteiger charge is 2.39. The van der Waals surface area contributed by atoms with Gasteiger partial charge in [0.2, 0.25) is 11.8 Å². The second kappa shape index (κ2) is 33.1. The molecule has 3 aromatic rings. The highest BCUT2D eigenvalue weighted by Crippen LogP contribution is 2.42. The van der Waals surface area contributed by atoms with Crippen molar-refractivity contribution in [3.8, 4) is 17.2 Å². The number of hydrogen-bond acceptors (Lipinski definition) is 12. The number of nitrogens with one attached hydrogen (secondary N) is 3. The van der Waals surface area contributed by atoms with Gasteiger partial charge in [-0.1, -0.05) is 94.7 Å². The van der Waals surface area contributed by atoms with E-state index in [-0.39, 0.29) is 58.5 Å². The molecule has 4 amide bonds. The first-order valence-electron chi connectivity index (χ1n) is 29.8. The first kappa shape index (κ1) is 63.2. The Morgan fingerprint density at radius 2 is 1.33 bits per heavy atom. The van der Waals surface area contributed by atoms with Crippen molar-refractivity contribution >= 4 is 46.6 Å². The van der Waals surface area contributed by atoms with Crippen LogP contribution in [0.15, 0.2) is 78.4 Å². The number of benzene rings is 3. The number of carbonyl (C=O) groups is 4. The monoisotopic (exact) mass is 1140 g/mol.